The standard InChI is InChI=1S/C13H14O2/c1-15-12-7-9-13(14,10-8-12)11-5-3-2-4-6-11/h2-9,14H,10H2,1H3. The van der Waals surface area contributed by atoms with E-state index in [1.165, 1.54) is 0 Å². The number of hydrogen-bond donors (Lipinski definition) is 1. The summed E-state index contributed by atoms with van der Waals surface area (Å²) >= 11 is 0. The molecule has 0 radical (unpaired) electrons. The van der Waals surface area contributed by atoms with Crippen molar-refractivity contribution in [2.75, 3.05) is 7.11 Å². The Morgan fingerprint density at radius 1 is 1.27 bits per heavy atom. The van der Waals surface area contributed by atoms with Crippen LogP contribution in [0.3, 0.4) is 0 Å². The zero-order valence-corrected chi connectivity index (χ0v) is 8.68. The van der Waals surface area contributed by atoms with E-state index < -0.39 is 5.60 Å². The zero-order valence-electron chi connectivity index (χ0n) is 8.68. The molecular weight excluding hydrogens is 188 g/mol. The quantitative estimate of drug-likeness (QED) is 0.797. The van der Waals surface area contributed by atoms with Crippen LogP contribution in [0.25, 0.3) is 0 Å². The Morgan fingerprint density at radius 3 is 2.53 bits per heavy atom. The Kier molecular flexibility index (Phi) is 2.60. The van der Waals surface area contributed by atoms with E-state index in [1.807, 2.05) is 36.4 Å². The molecule has 0 aromatic heterocycles. The van der Waals surface area contributed by atoms with Crippen molar-refractivity contribution in [1.82, 2.24) is 0 Å². The average molecular weight is 202 g/mol. The highest BCUT2D eigenvalue weighted by Gasteiger charge is 2.27. The van der Waals surface area contributed by atoms with Crippen molar-refractivity contribution < 1.29 is 9.84 Å². The van der Waals surface area contributed by atoms with Gasteiger partial charge in [-0.25, -0.2) is 0 Å². The molecule has 1 N–H and O–H groups in total. The fourth-order valence-electron chi connectivity index (χ4n) is 1.70. The maximum absolute atomic E-state index is 10.4. The summed E-state index contributed by atoms with van der Waals surface area (Å²) in [5, 5.41) is 10.4. The lowest BCUT2D eigenvalue weighted by Crippen LogP contribution is -2.23. The third-order valence-corrected chi connectivity index (χ3v) is 2.65. The van der Waals surface area contributed by atoms with E-state index in [1.54, 1.807) is 19.3 Å². The van der Waals surface area contributed by atoms with Crippen LogP contribution in [0.2, 0.25) is 0 Å². The molecule has 1 unspecified atom stereocenters. The van der Waals surface area contributed by atoms with Gasteiger partial charge in [-0.2, -0.15) is 0 Å². The second-order valence-corrected chi connectivity index (χ2v) is 3.64. The first-order valence-electron chi connectivity index (χ1n) is 4.96. The van der Waals surface area contributed by atoms with Crippen LogP contribution in [0.5, 0.6) is 0 Å². The van der Waals surface area contributed by atoms with Crippen LogP contribution < -0.4 is 0 Å². The number of hydrogen-bond acceptors (Lipinski definition) is 2. The van der Waals surface area contributed by atoms with Gasteiger partial charge < -0.3 is 9.84 Å². The molecule has 1 aromatic rings. The number of benzene rings is 1. The minimum atomic E-state index is -0.886. The molecule has 2 nitrogen and oxygen atoms in total. The van der Waals surface area contributed by atoms with Gasteiger partial charge in [0.15, 0.2) is 0 Å². The lowest BCUT2D eigenvalue weighted by Gasteiger charge is -2.26. The van der Waals surface area contributed by atoms with E-state index in [9.17, 15) is 5.11 Å². The highest BCUT2D eigenvalue weighted by molar-refractivity contribution is 5.33. The SMILES string of the molecule is COC1=CCC(O)(c2ccccc2)C=C1. The molecule has 78 valence electrons. The molecule has 0 spiro atoms. The number of allylic oxidation sites excluding steroid dienone is 1. The van der Waals surface area contributed by atoms with Crippen molar-refractivity contribution in [1.29, 1.82) is 0 Å². The van der Waals surface area contributed by atoms with Crippen LogP contribution in [0, 0.1) is 0 Å². The highest BCUT2D eigenvalue weighted by Crippen LogP contribution is 2.31. The molecule has 1 aliphatic carbocycles. The topological polar surface area (TPSA) is 29.5 Å². The van der Waals surface area contributed by atoms with Crippen molar-refractivity contribution in [3.05, 3.63) is 59.9 Å². The van der Waals surface area contributed by atoms with Crippen LogP contribution in [0.1, 0.15) is 12.0 Å². The van der Waals surface area contributed by atoms with Gasteiger partial charge >= 0.3 is 0 Å². The van der Waals surface area contributed by atoms with Gasteiger partial charge in [-0.05, 0) is 23.8 Å². The highest BCUT2D eigenvalue weighted by atomic mass is 16.5. The van der Waals surface area contributed by atoms with E-state index in [4.69, 9.17) is 4.74 Å². The maximum atomic E-state index is 10.4. The second-order valence-electron chi connectivity index (χ2n) is 3.64. The first kappa shape index (κ1) is 9.99. The van der Waals surface area contributed by atoms with Crippen molar-refractivity contribution >= 4 is 0 Å². The third-order valence-electron chi connectivity index (χ3n) is 2.65. The van der Waals surface area contributed by atoms with Crippen molar-refractivity contribution in [2.45, 2.75) is 12.0 Å². The van der Waals surface area contributed by atoms with E-state index in [-0.39, 0.29) is 0 Å². The van der Waals surface area contributed by atoms with Crippen molar-refractivity contribution in [3.8, 4) is 0 Å². The Morgan fingerprint density at radius 2 is 2.00 bits per heavy atom. The summed E-state index contributed by atoms with van der Waals surface area (Å²) in [6.45, 7) is 0. The molecule has 0 fully saturated rings. The lowest BCUT2D eigenvalue weighted by atomic mass is 9.87. The molecule has 1 aliphatic rings. The smallest absolute Gasteiger partial charge is 0.114 e. The van der Waals surface area contributed by atoms with Gasteiger partial charge in [0.1, 0.15) is 11.4 Å². The Bertz CT molecular complexity index is 392. The van der Waals surface area contributed by atoms with Gasteiger partial charge in [-0.3, -0.25) is 0 Å². The van der Waals surface area contributed by atoms with Crippen LogP contribution in [0.4, 0.5) is 0 Å². The molecule has 2 heteroatoms. The first-order valence-corrected chi connectivity index (χ1v) is 4.96. The molecule has 15 heavy (non-hydrogen) atoms. The van der Waals surface area contributed by atoms with Gasteiger partial charge in [0, 0.05) is 6.42 Å². The Balaban J connectivity index is 2.25. The third kappa shape index (κ3) is 1.95. The first-order chi connectivity index (χ1) is 7.24. The molecule has 0 aliphatic heterocycles. The summed E-state index contributed by atoms with van der Waals surface area (Å²) < 4.78 is 5.08. The summed E-state index contributed by atoms with van der Waals surface area (Å²) in [7, 11) is 1.63. The zero-order chi connectivity index (χ0) is 10.7. The molecule has 1 aromatic carbocycles. The Labute approximate surface area is 89.5 Å². The number of methoxy groups -OCH3 is 1. The number of aliphatic hydroxyl groups is 1. The summed E-state index contributed by atoms with van der Waals surface area (Å²) in [4.78, 5) is 0. The van der Waals surface area contributed by atoms with E-state index in [0.29, 0.717) is 6.42 Å². The van der Waals surface area contributed by atoms with Gasteiger partial charge in [-0.1, -0.05) is 30.3 Å². The van der Waals surface area contributed by atoms with Crippen LogP contribution in [0.15, 0.2) is 54.3 Å². The number of ether oxygens (including phenoxy) is 1. The fourth-order valence-corrected chi connectivity index (χ4v) is 1.70. The molecule has 0 saturated heterocycles. The van der Waals surface area contributed by atoms with Crippen molar-refractivity contribution in [3.63, 3.8) is 0 Å². The van der Waals surface area contributed by atoms with Crippen LogP contribution in [-0.4, -0.2) is 12.2 Å². The largest absolute Gasteiger partial charge is 0.497 e. The van der Waals surface area contributed by atoms with E-state index in [0.717, 1.165) is 11.3 Å². The molecule has 0 amide bonds. The van der Waals surface area contributed by atoms with E-state index in [2.05, 4.69) is 0 Å². The molecular formula is C13H14O2. The average Bonchev–Trinajstić information content (AvgIpc) is 2.31. The summed E-state index contributed by atoms with van der Waals surface area (Å²) in [6, 6.07) is 9.65. The normalized spacial score (nSPS) is 24.8. The second kappa shape index (κ2) is 3.91. The van der Waals surface area contributed by atoms with Gasteiger partial charge in [0.25, 0.3) is 0 Å². The van der Waals surface area contributed by atoms with Crippen LogP contribution >= 0.6 is 0 Å². The summed E-state index contributed by atoms with van der Waals surface area (Å²) in [5.41, 5.74) is 0.0242. The summed E-state index contributed by atoms with van der Waals surface area (Å²) in [5.74, 6) is 0.801. The molecule has 0 bridgehead atoms. The maximum Gasteiger partial charge on any atom is 0.114 e. The van der Waals surface area contributed by atoms with Gasteiger partial charge in [0.2, 0.25) is 0 Å². The van der Waals surface area contributed by atoms with Gasteiger partial charge in [0.05, 0.1) is 7.11 Å². The minimum absolute atomic E-state index is 0.552. The Hall–Kier alpha value is -1.54. The monoisotopic (exact) mass is 202 g/mol. The van der Waals surface area contributed by atoms with Gasteiger partial charge in [-0.15, -0.1) is 0 Å². The fraction of sp³-hybridized carbons (Fsp3) is 0.231. The molecule has 1 atom stereocenters. The van der Waals surface area contributed by atoms with Crippen LogP contribution in [-0.2, 0) is 10.3 Å². The summed E-state index contributed by atoms with van der Waals surface area (Å²) in [6.07, 6.45) is 6.03. The van der Waals surface area contributed by atoms with Crippen molar-refractivity contribution in [2.24, 2.45) is 0 Å². The molecule has 2 rings (SSSR count). The number of rotatable bonds is 2. The molecule has 0 heterocycles. The predicted octanol–water partition coefficient (Wildman–Crippen LogP) is 2.36. The van der Waals surface area contributed by atoms with E-state index >= 15 is 0 Å². The lowest BCUT2D eigenvalue weighted by molar-refractivity contribution is 0.0885. The predicted molar refractivity (Wildman–Crippen MR) is 59.2 cm³/mol. The minimum Gasteiger partial charge on any atom is -0.497 e. The molecule has 0 saturated carbocycles.